The Morgan fingerprint density at radius 2 is 1.90 bits per heavy atom. The fraction of sp³-hybridized carbons (Fsp3) is 0.429. The van der Waals surface area contributed by atoms with Crippen molar-refractivity contribution in [2.75, 3.05) is 13.7 Å². The van der Waals surface area contributed by atoms with Gasteiger partial charge in [0, 0.05) is 26.6 Å². The maximum atomic E-state index is 11.9. The van der Waals surface area contributed by atoms with Crippen molar-refractivity contribution in [2.24, 2.45) is 0 Å². The van der Waals surface area contributed by atoms with Crippen LogP contribution in [0.2, 0.25) is 0 Å². The molecule has 1 atom stereocenters. The molecule has 3 N–H and O–H groups in total. The molecule has 1 unspecified atom stereocenters. The van der Waals surface area contributed by atoms with E-state index in [1.54, 1.807) is 7.05 Å². The molecule has 0 aliphatic carbocycles. The zero-order valence-electron chi connectivity index (χ0n) is 11.7. The second kappa shape index (κ2) is 7.49. The number of carboxylic acid groups (broad SMARTS) is 1. The molecule has 0 fully saturated rings. The molecule has 2 amide bonds. The average Bonchev–Trinajstić information content (AvgIpc) is 2.40. The number of amides is 2. The monoisotopic (exact) mass is 280 g/mol. The number of aliphatic hydroxyl groups is 1. The Balaban J connectivity index is 2.57. The number of aliphatic carboxylic acids is 1. The fourth-order valence-corrected chi connectivity index (χ4v) is 1.68. The van der Waals surface area contributed by atoms with Crippen LogP contribution in [0.1, 0.15) is 17.5 Å². The first kappa shape index (κ1) is 16.0. The van der Waals surface area contributed by atoms with Crippen LogP contribution in [0.5, 0.6) is 0 Å². The van der Waals surface area contributed by atoms with Crippen molar-refractivity contribution in [2.45, 2.75) is 25.9 Å². The number of hydrogen-bond donors (Lipinski definition) is 3. The van der Waals surface area contributed by atoms with Crippen molar-refractivity contribution in [1.29, 1.82) is 0 Å². The van der Waals surface area contributed by atoms with Crippen molar-refractivity contribution in [3.8, 4) is 0 Å². The summed E-state index contributed by atoms with van der Waals surface area (Å²) < 4.78 is 0. The summed E-state index contributed by atoms with van der Waals surface area (Å²) >= 11 is 0. The third-order valence-corrected chi connectivity index (χ3v) is 2.90. The number of aryl methyl sites for hydroxylation is 1. The lowest BCUT2D eigenvalue weighted by Crippen LogP contribution is -2.46. The number of carboxylic acids is 1. The van der Waals surface area contributed by atoms with Crippen LogP contribution in [0, 0.1) is 6.92 Å². The minimum atomic E-state index is -1.16. The molecule has 110 valence electrons. The summed E-state index contributed by atoms with van der Waals surface area (Å²) in [5.41, 5.74) is 2.09. The molecular weight excluding hydrogens is 260 g/mol. The third kappa shape index (κ3) is 4.89. The minimum Gasteiger partial charge on any atom is -0.480 e. The lowest BCUT2D eigenvalue weighted by Gasteiger charge is -2.21. The minimum absolute atomic E-state index is 0.0144. The molecule has 0 radical (unpaired) electrons. The molecule has 0 saturated carbocycles. The summed E-state index contributed by atoms with van der Waals surface area (Å²) in [4.78, 5) is 24.2. The number of carbonyl (C=O) groups excluding carboxylic acids is 1. The van der Waals surface area contributed by atoms with Crippen LogP contribution < -0.4 is 5.32 Å². The second-order valence-electron chi connectivity index (χ2n) is 4.69. The van der Waals surface area contributed by atoms with Gasteiger partial charge < -0.3 is 20.4 Å². The van der Waals surface area contributed by atoms with Crippen molar-refractivity contribution in [3.63, 3.8) is 0 Å². The van der Waals surface area contributed by atoms with E-state index in [9.17, 15) is 9.59 Å². The fourth-order valence-electron chi connectivity index (χ4n) is 1.68. The Labute approximate surface area is 118 Å². The molecule has 20 heavy (non-hydrogen) atoms. The summed E-state index contributed by atoms with van der Waals surface area (Å²) in [5.74, 6) is -1.16. The summed E-state index contributed by atoms with van der Waals surface area (Å²) in [7, 11) is 1.59. The first-order valence-electron chi connectivity index (χ1n) is 6.35. The summed E-state index contributed by atoms with van der Waals surface area (Å²) in [5, 5.41) is 20.1. The summed E-state index contributed by atoms with van der Waals surface area (Å²) in [6, 6.07) is 6.18. The van der Waals surface area contributed by atoms with E-state index in [4.69, 9.17) is 10.2 Å². The molecular formula is C14H20N2O4. The topological polar surface area (TPSA) is 89.9 Å². The number of hydrogen-bond acceptors (Lipinski definition) is 3. The number of carbonyl (C=O) groups is 2. The predicted octanol–water partition coefficient (Wildman–Crippen LogP) is 0.972. The van der Waals surface area contributed by atoms with Crippen molar-refractivity contribution in [3.05, 3.63) is 35.4 Å². The molecule has 0 aliphatic rings. The van der Waals surface area contributed by atoms with Gasteiger partial charge >= 0.3 is 12.0 Å². The molecule has 0 heterocycles. The molecule has 1 aromatic rings. The molecule has 6 nitrogen and oxygen atoms in total. The molecule has 6 heteroatoms. The highest BCUT2D eigenvalue weighted by atomic mass is 16.4. The van der Waals surface area contributed by atoms with E-state index >= 15 is 0 Å². The van der Waals surface area contributed by atoms with E-state index in [0.717, 1.165) is 11.1 Å². The number of nitrogens with zero attached hydrogens (tertiary/aromatic N) is 1. The zero-order valence-corrected chi connectivity index (χ0v) is 11.7. The van der Waals surface area contributed by atoms with Crippen molar-refractivity contribution < 1.29 is 19.8 Å². The van der Waals surface area contributed by atoms with Gasteiger partial charge in [0.05, 0.1) is 0 Å². The molecule has 0 aromatic heterocycles. The lowest BCUT2D eigenvalue weighted by atomic mass is 10.1. The van der Waals surface area contributed by atoms with Crippen LogP contribution in [0.3, 0.4) is 0 Å². The molecule has 1 rings (SSSR count). The van der Waals surface area contributed by atoms with Gasteiger partial charge in [0.2, 0.25) is 0 Å². The van der Waals surface area contributed by atoms with Gasteiger partial charge in [0.1, 0.15) is 6.04 Å². The van der Waals surface area contributed by atoms with Gasteiger partial charge in [0.15, 0.2) is 0 Å². The number of urea groups is 1. The van der Waals surface area contributed by atoms with Gasteiger partial charge in [-0.1, -0.05) is 29.8 Å². The van der Waals surface area contributed by atoms with E-state index in [2.05, 4.69) is 5.32 Å². The van der Waals surface area contributed by atoms with Crippen LogP contribution in [-0.2, 0) is 11.3 Å². The second-order valence-corrected chi connectivity index (χ2v) is 4.69. The summed E-state index contributed by atoms with van der Waals surface area (Å²) in [6.07, 6.45) is -0.0144. The molecule has 0 bridgehead atoms. The van der Waals surface area contributed by atoms with Gasteiger partial charge in [-0.2, -0.15) is 0 Å². The number of nitrogens with one attached hydrogen (secondary N) is 1. The Bertz CT molecular complexity index is 459. The SMILES string of the molecule is Cc1ccc(CN(C)C(=O)NC(CCO)C(=O)O)cc1. The third-order valence-electron chi connectivity index (χ3n) is 2.90. The van der Waals surface area contributed by atoms with E-state index in [0.29, 0.717) is 6.54 Å². The molecule has 0 aliphatic heterocycles. The van der Waals surface area contributed by atoms with Crippen LogP contribution >= 0.6 is 0 Å². The van der Waals surface area contributed by atoms with Crippen LogP contribution in [0.25, 0.3) is 0 Å². The van der Waals surface area contributed by atoms with Crippen LogP contribution in [0.4, 0.5) is 4.79 Å². The van der Waals surface area contributed by atoms with Gasteiger partial charge in [-0.15, -0.1) is 0 Å². The molecule has 0 saturated heterocycles. The van der Waals surface area contributed by atoms with E-state index in [1.165, 1.54) is 4.90 Å². The predicted molar refractivity (Wildman–Crippen MR) is 74.3 cm³/mol. The Morgan fingerprint density at radius 1 is 1.30 bits per heavy atom. The van der Waals surface area contributed by atoms with E-state index in [-0.39, 0.29) is 13.0 Å². The van der Waals surface area contributed by atoms with Gasteiger partial charge in [-0.05, 0) is 12.5 Å². The normalized spacial score (nSPS) is 11.8. The van der Waals surface area contributed by atoms with Crippen LogP contribution in [-0.4, -0.2) is 46.8 Å². The number of aliphatic hydroxyl groups excluding tert-OH is 1. The molecule has 1 aromatic carbocycles. The largest absolute Gasteiger partial charge is 0.480 e. The summed E-state index contributed by atoms with van der Waals surface area (Å²) in [6.45, 7) is 2.07. The quantitative estimate of drug-likeness (QED) is 0.724. The van der Waals surface area contributed by atoms with E-state index in [1.807, 2.05) is 31.2 Å². The highest BCUT2D eigenvalue weighted by Crippen LogP contribution is 2.06. The first-order chi connectivity index (χ1) is 9.43. The highest BCUT2D eigenvalue weighted by Gasteiger charge is 2.21. The lowest BCUT2D eigenvalue weighted by molar-refractivity contribution is -0.139. The maximum Gasteiger partial charge on any atom is 0.326 e. The zero-order chi connectivity index (χ0) is 15.1. The van der Waals surface area contributed by atoms with Crippen molar-refractivity contribution in [1.82, 2.24) is 10.2 Å². The average molecular weight is 280 g/mol. The van der Waals surface area contributed by atoms with Gasteiger partial charge in [-0.25, -0.2) is 9.59 Å². The smallest absolute Gasteiger partial charge is 0.326 e. The van der Waals surface area contributed by atoms with Gasteiger partial charge in [-0.3, -0.25) is 0 Å². The Hall–Kier alpha value is -2.08. The highest BCUT2D eigenvalue weighted by molar-refractivity contribution is 5.82. The Kier molecular flexibility index (Phi) is 5.99. The first-order valence-corrected chi connectivity index (χ1v) is 6.35. The van der Waals surface area contributed by atoms with Crippen molar-refractivity contribution >= 4 is 12.0 Å². The Morgan fingerprint density at radius 3 is 2.40 bits per heavy atom. The standard InChI is InChI=1S/C14H20N2O4/c1-10-3-5-11(6-4-10)9-16(2)14(20)15-12(7-8-17)13(18)19/h3-6,12,17H,7-9H2,1-2H3,(H,15,20)(H,18,19). The van der Waals surface area contributed by atoms with E-state index < -0.39 is 18.0 Å². The number of rotatable bonds is 6. The molecule has 0 spiro atoms. The number of benzene rings is 1. The maximum absolute atomic E-state index is 11.9. The van der Waals surface area contributed by atoms with Crippen LogP contribution in [0.15, 0.2) is 24.3 Å². The van der Waals surface area contributed by atoms with Gasteiger partial charge in [0.25, 0.3) is 0 Å².